The molecule has 0 saturated carbocycles. The molecule has 0 spiro atoms. The van der Waals surface area contributed by atoms with Crippen LogP contribution < -0.4 is 26.9 Å². The number of carboxylic acids is 3. The Labute approximate surface area is 172 Å². The standard InChI is InChI=1S/C18H28N4O8/c19-12(16(25)26)3-1-9-6-22(7-10(23)2-4-13(20)17(27)28)8-15(24)11(9)5-14(21)18(29)30/h6,8,10,12-14,23H,1-5,7,19-21H2,(H3-,24,25,26,27,28,29,30)/t10?,12-,13-,14-/m0/s1. The highest BCUT2D eigenvalue weighted by Gasteiger charge is 2.24. The van der Waals surface area contributed by atoms with Crippen LogP contribution in [-0.4, -0.2) is 62.6 Å². The topological polar surface area (TPSA) is 237 Å². The number of aryl methyl sites for hydroxylation is 1. The zero-order valence-electron chi connectivity index (χ0n) is 16.3. The largest absolute Gasteiger partial charge is 0.548 e. The summed E-state index contributed by atoms with van der Waals surface area (Å²) in [7, 11) is 0. The SMILES string of the molecule is N[C@@H](CCC(O)C[n+]1cc(O)c(C[C@H](N)C(=O)O)c(CC[C@H](N)C(=O)O)c1)C(=O)[O-]. The van der Waals surface area contributed by atoms with Crippen molar-refractivity contribution < 1.29 is 44.5 Å². The molecule has 10 N–H and O–H groups in total. The second-order valence-corrected chi connectivity index (χ2v) is 7.13. The number of aromatic hydroxyl groups is 1. The third-order valence-electron chi connectivity index (χ3n) is 4.62. The van der Waals surface area contributed by atoms with Crippen molar-refractivity contribution in [2.45, 2.75) is 62.9 Å². The maximum absolute atomic E-state index is 11.1. The summed E-state index contributed by atoms with van der Waals surface area (Å²) >= 11 is 0. The summed E-state index contributed by atoms with van der Waals surface area (Å²) in [5.74, 6) is -4.17. The number of carboxylic acid groups (broad SMARTS) is 3. The number of hydrogen-bond donors (Lipinski definition) is 7. The van der Waals surface area contributed by atoms with E-state index in [4.69, 9.17) is 27.4 Å². The van der Waals surface area contributed by atoms with Gasteiger partial charge in [0.15, 0.2) is 18.5 Å². The number of aliphatic hydroxyl groups excluding tert-OH is 1. The molecule has 30 heavy (non-hydrogen) atoms. The van der Waals surface area contributed by atoms with Gasteiger partial charge in [-0.2, -0.15) is 4.57 Å². The van der Waals surface area contributed by atoms with Crippen LogP contribution in [0.25, 0.3) is 0 Å². The first-order chi connectivity index (χ1) is 13.9. The molecule has 1 heterocycles. The zero-order valence-corrected chi connectivity index (χ0v) is 16.3. The number of aliphatic carboxylic acids is 3. The Bertz CT molecular complexity index is 773. The molecule has 1 rings (SSSR count). The third-order valence-corrected chi connectivity index (χ3v) is 4.62. The molecule has 168 valence electrons. The second kappa shape index (κ2) is 11.4. The lowest BCUT2D eigenvalue weighted by molar-refractivity contribution is -0.704. The summed E-state index contributed by atoms with van der Waals surface area (Å²) in [5, 5.41) is 49.1. The molecule has 0 fully saturated rings. The van der Waals surface area contributed by atoms with Gasteiger partial charge in [0, 0.05) is 23.6 Å². The van der Waals surface area contributed by atoms with Crippen molar-refractivity contribution in [1.29, 1.82) is 0 Å². The summed E-state index contributed by atoms with van der Waals surface area (Å²) in [5.41, 5.74) is 17.1. The number of aliphatic hydroxyl groups is 1. The first kappa shape index (κ1) is 25.2. The van der Waals surface area contributed by atoms with Crippen LogP contribution >= 0.6 is 0 Å². The molecule has 12 heteroatoms. The van der Waals surface area contributed by atoms with E-state index in [1.54, 1.807) is 0 Å². The van der Waals surface area contributed by atoms with Gasteiger partial charge in [-0.05, 0) is 25.7 Å². The average Bonchev–Trinajstić information content (AvgIpc) is 2.65. The minimum absolute atomic E-state index is 0.0120. The molecule has 0 radical (unpaired) electrons. The Morgan fingerprint density at radius 1 is 0.967 bits per heavy atom. The summed E-state index contributed by atoms with van der Waals surface area (Å²) in [6.45, 7) is -0.0173. The highest BCUT2D eigenvalue weighted by Crippen LogP contribution is 2.22. The minimum Gasteiger partial charge on any atom is -0.548 e. The number of rotatable bonds is 13. The van der Waals surface area contributed by atoms with Crippen molar-refractivity contribution >= 4 is 17.9 Å². The van der Waals surface area contributed by atoms with Gasteiger partial charge in [-0.3, -0.25) is 9.59 Å². The van der Waals surface area contributed by atoms with Crippen LogP contribution in [0.3, 0.4) is 0 Å². The molecule has 0 amide bonds. The lowest BCUT2D eigenvalue weighted by atomic mass is 9.96. The maximum Gasteiger partial charge on any atom is 0.320 e. The molecule has 0 aliphatic rings. The van der Waals surface area contributed by atoms with Crippen molar-refractivity contribution in [1.82, 2.24) is 0 Å². The Morgan fingerprint density at radius 3 is 2.10 bits per heavy atom. The fraction of sp³-hybridized carbons (Fsp3) is 0.556. The van der Waals surface area contributed by atoms with E-state index in [2.05, 4.69) is 0 Å². The summed E-state index contributed by atoms with van der Waals surface area (Å²) in [6.07, 6.45) is 1.82. The van der Waals surface area contributed by atoms with Crippen LogP contribution in [0.2, 0.25) is 0 Å². The number of carbonyl (C=O) groups excluding carboxylic acids is 1. The quantitative estimate of drug-likeness (QED) is 0.150. The summed E-state index contributed by atoms with van der Waals surface area (Å²) in [4.78, 5) is 32.7. The van der Waals surface area contributed by atoms with Crippen molar-refractivity contribution in [3.05, 3.63) is 23.5 Å². The fourth-order valence-electron chi connectivity index (χ4n) is 2.84. The Morgan fingerprint density at radius 2 is 1.57 bits per heavy atom. The van der Waals surface area contributed by atoms with Gasteiger partial charge in [0.05, 0.1) is 5.97 Å². The maximum atomic E-state index is 11.1. The van der Waals surface area contributed by atoms with E-state index in [1.165, 1.54) is 17.0 Å². The Kier molecular flexibility index (Phi) is 9.59. The van der Waals surface area contributed by atoms with Gasteiger partial charge < -0.3 is 47.5 Å². The highest BCUT2D eigenvalue weighted by molar-refractivity contribution is 5.74. The number of nitrogens with zero attached hydrogens (tertiary/aromatic N) is 1. The predicted octanol–water partition coefficient (Wildman–Crippen LogP) is -3.80. The monoisotopic (exact) mass is 428 g/mol. The molecule has 0 aliphatic heterocycles. The molecule has 0 saturated heterocycles. The lowest BCUT2D eigenvalue weighted by Gasteiger charge is -2.16. The van der Waals surface area contributed by atoms with Gasteiger partial charge in [0.25, 0.3) is 0 Å². The van der Waals surface area contributed by atoms with Crippen molar-refractivity contribution in [2.75, 3.05) is 0 Å². The number of nitrogens with two attached hydrogens (primary N) is 3. The molecule has 1 aromatic heterocycles. The molecule has 1 aromatic rings. The molecule has 0 bridgehead atoms. The number of aromatic nitrogens is 1. The second-order valence-electron chi connectivity index (χ2n) is 7.13. The van der Waals surface area contributed by atoms with Crippen molar-refractivity contribution in [3.63, 3.8) is 0 Å². The van der Waals surface area contributed by atoms with Crippen molar-refractivity contribution in [2.24, 2.45) is 17.2 Å². The highest BCUT2D eigenvalue weighted by atomic mass is 16.4. The van der Waals surface area contributed by atoms with Gasteiger partial charge >= 0.3 is 11.9 Å². The number of hydrogen-bond acceptors (Lipinski definition) is 9. The first-order valence-electron chi connectivity index (χ1n) is 9.27. The van der Waals surface area contributed by atoms with Gasteiger partial charge in [0.1, 0.15) is 18.2 Å². The first-order valence-corrected chi connectivity index (χ1v) is 9.27. The van der Waals surface area contributed by atoms with Gasteiger partial charge in [-0.1, -0.05) is 0 Å². The Hall–Kier alpha value is -2.80. The van der Waals surface area contributed by atoms with Crippen LogP contribution in [-0.2, 0) is 33.8 Å². The van der Waals surface area contributed by atoms with Crippen molar-refractivity contribution in [3.8, 4) is 5.75 Å². The third kappa shape index (κ3) is 7.91. The van der Waals surface area contributed by atoms with Crippen LogP contribution in [0.4, 0.5) is 0 Å². The van der Waals surface area contributed by atoms with Crippen LogP contribution in [0.5, 0.6) is 5.75 Å². The van der Waals surface area contributed by atoms with E-state index in [0.717, 1.165) is 0 Å². The molecule has 12 nitrogen and oxygen atoms in total. The van der Waals surface area contributed by atoms with E-state index < -0.39 is 42.1 Å². The zero-order chi connectivity index (χ0) is 23.0. The molecule has 4 atom stereocenters. The van der Waals surface area contributed by atoms with Gasteiger partial charge in [-0.15, -0.1) is 0 Å². The molecular formula is C18H28N4O8. The lowest BCUT2D eigenvalue weighted by Crippen LogP contribution is -2.44. The molecule has 0 aromatic carbocycles. The average molecular weight is 428 g/mol. The van der Waals surface area contributed by atoms with Crippen LogP contribution in [0, 0.1) is 0 Å². The van der Waals surface area contributed by atoms with E-state index in [1.807, 2.05) is 0 Å². The van der Waals surface area contributed by atoms with E-state index in [9.17, 15) is 29.7 Å². The Balaban J connectivity index is 3.04. The van der Waals surface area contributed by atoms with E-state index in [-0.39, 0.29) is 50.0 Å². The fourth-order valence-corrected chi connectivity index (χ4v) is 2.84. The molecule has 1 unspecified atom stereocenters. The summed E-state index contributed by atoms with van der Waals surface area (Å²) in [6, 6.07) is -3.65. The normalized spacial score (nSPS) is 15.2. The van der Waals surface area contributed by atoms with Gasteiger partial charge in [0.2, 0.25) is 6.20 Å². The van der Waals surface area contributed by atoms with Crippen LogP contribution in [0.15, 0.2) is 12.4 Å². The molecule has 0 aliphatic carbocycles. The minimum atomic E-state index is -1.43. The number of carbonyl (C=O) groups is 3. The van der Waals surface area contributed by atoms with E-state index >= 15 is 0 Å². The van der Waals surface area contributed by atoms with E-state index in [0.29, 0.717) is 5.56 Å². The van der Waals surface area contributed by atoms with Gasteiger partial charge in [-0.25, -0.2) is 0 Å². The predicted molar refractivity (Wildman–Crippen MR) is 99.8 cm³/mol. The smallest absolute Gasteiger partial charge is 0.320 e. The molecular weight excluding hydrogens is 400 g/mol. The van der Waals surface area contributed by atoms with Crippen LogP contribution in [0.1, 0.15) is 30.4 Å². The number of pyridine rings is 1. The summed E-state index contributed by atoms with van der Waals surface area (Å²) < 4.78 is 1.43.